The molecule has 1 fully saturated rings. The van der Waals surface area contributed by atoms with Gasteiger partial charge in [0.15, 0.2) is 0 Å². The fourth-order valence-corrected chi connectivity index (χ4v) is 3.74. The second-order valence-corrected chi connectivity index (χ2v) is 7.88. The molecule has 0 bridgehead atoms. The molecule has 0 aromatic heterocycles. The quantitative estimate of drug-likeness (QED) is 0.403. The van der Waals surface area contributed by atoms with Crippen LogP contribution in [0.25, 0.3) is 5.76 Å². The van der Waals surface area contributed by atoms with Crippen LogP contribution in [0.3, 0.4) is 0 Å². The van der Waals surface area contributed by atoms with Crippen molar-refractivity contribution in [3.8, 4) is 5.75 Å². The summed E-state index contributed by atoms with van der Waals surface area (Å²) in [6.07, 6.45) is 0. The van der Waals surface area contributed by atoms with E-state index in [2.05, 4.69) is 0 Å². The maximum atomic E-state index is 14.7. The van der Waals surface area contributed by atoms with Gasteiger partial charge in [0.1, 0.15) is 17.3 Å². The van der Waals surface area contributed by atoms with Crippen molar-refractivity contribution in [3.63, 3.8) is 0 Å². The van der Waals surface area contributed by atoms with Gasteiger partial charge in [0, 0.05) is 11.1 Å². The molecule has 1 heterocycles. The van der Waals surface area contributed by atoms with Crippen molar-refractivity contribution < 1.29 is 28.7 Å². The third kappa shape index (κ3) is 4.46. The van der Waals surface area contributed by atoms with Gasteiger partial charge in [-0.15, -0.1) is 0 Å². The number of hydrogen-bond acceptors (Lipinski definition) is 4. The van der Waals surface area contributed by atoms with Crippen molar-refractivity contribution in [1.29, 1.82) is 0 Å². The number of amides is 1. The van der Waals surface area contributed by atoms with Crippen LogP contribution in [0.5, 0.6) is 5.75 Å². The standard InChI is InChI=1S/C24H27FN2O4/c1-5-31-19-11-10-16(14-15(19)2)22(28)20-21(17-8-6-7-9-18(17)25)27(13-12-26(3)4)24(30)23(20)29/h6-11,14,21,28H,5,12-13H2,1-4H3/p+1/t21-/m0/s1. The highest BCUT2D eigenvalue weighted by Gasteiger charge is 2.47. The average Bonchev–Trinajstić information content (AvgIpc) is 2.98. The molecular weight excluding hydrogens is 399 g/mol. The van der Waals surface area contributed by atoms with Gasteiger partial charge in [-0.05, 0) is 43.7 Å². The molecule has 0 radical (unpaired) electrons. The second-order valence-electron chi connectivity index (χ2n) is 7.88. The highest BCUT2D eigenvalue weighted by atomic mass is 19.1. The van der Waals surface area contributed by atoms with Gasteiger partial charge in [0.25, 0.3) is 11.7 Å². The van der Waals surface area contributed by atoms with E-state index >= 15 is 0 Å². The van der Waals surface area contributed by atoms with E-state index in [4.69, 9.17) is 4.74 Å². The largest absolute Gasteiger partial charge is 0.507 e. The fourth-order valence-electron chi connectivity index (χ4n) is 3.74. The summed E-state index contributed by atoms with van der Waals surface area (Å²) in [5.41, 5.74) is 1.23. The minimum Gasteiger partial charge on any atom is -0.507 e. The molecular formula is C24H28FN2O4+. The van der Waals surface area contributed by atoms with Crippen molar-refractivity contribution >= 4 is 17.4 Å². The summed E-state index contributed by atoms with van der Waals surface area (Å²) in [6.45, 7) is 5.02. The lowest BCUT2D eigenvalue weighted by atomic mass is 9.94. The van der Waals surface area contributed by atoms with Crippen LogP contribution in [0.1, 0.15) is 29.7 Å². The SMILES string of the molecule is CCOc1ccc(C(O)=C2C(=O)C(=O)N(CC[NH+](C)C)[C@H]2c2ccccc2F)cc1C. The number of aliphatic hydroxyl groups is 1. The van der Waals surface area contributed by atoms with Crippen LogP contribution in [0, 0.1) is 12.7 Å². The Hall–Kier alpha value is -3.19. The van der Waals surface area contributed by atoms with E-state index in [1.807, 2.05) is 27.9 Å². The Morgan fingerprint density at radius 2 is 1.90 bits per heavy atom. The Balaban J connectivity index is 2.15. The maximum Gasteiger partial charge on any atom is 0.295 e. The average molecular weight is 427 g/mol. The van der Waals surface area contributed by atoms with Crippen molar-refractivity contribution in [2.24, 2.45) is 0 Å². The molecule has 2 N–H and O–H groups in total. The first-order valence-electron chi connectivity index (χ1n) is 10.3. The maximum absolute atomic E-state index is 14.7. The first kappa shape index (κ1) is 22.5. The number of aryl methyl sites for hydroxylation is 1. The number of halogens is 1. The Labute approximate surface area is 181 Å². The number of nitrogens with zero attached hydrogens (tertiary/aromatic N) is 1. The number of hydrogen-bond donors (Lipinski definition) is 2. The fraction of sp³-hybridized carbons (Fsp3) is 0.333. The van der Waals surface area contributed by atoms with Gasteiger partial charge in [0.05, 0.1) is 45.4 Å². The molecule has 31 heavy (non-hydrogen) atoms. The van der Waals surface area contributed by atoms with Crippen molar-refractivity contribution in [3.05, 3.63) is 70.5 Å². The molecule has 6 nitrogen and oxygen atoms in total. The van der Waals surface area contributed by atoms with E-state index in [9.17, 15) is 19.1 Å². The van der Waals surface area contributed by atoms with E-state index in [0.717, 1.165) is 10.5 Å². The molecule has 0 unspecified atom stereocenters. The molecule has 1 atom stereocenters. The summed E-state index contributed by atoms with van der Waals surface area (Å²) >= 11 is 0. The topological polar surface area (TPSA) is 71.3 Å². The molecule has 0 aliphatic carbocycles. The van der Waals surface area contributed by atoms with Crippen molar-refractivity contribution in [1.82, 2.24) is 4.90 Å². The summed E-state index contributed by atoms with van der Waals surface area (Å²) in [7, 11) is 3.86. The first-order chi connectivity index (χ1) is 14.8. The third-order valence-corrected chi connectivity index (χ3v) is 5.34. The van der Waals surface area contributed by atoms with Crippen molar-refractivity contribution in [2.75, 3.05) is 33.8 Å². The lowest BCUT2D eigenvalue weighted by molar-refractivity contribution is -0.857. The molecule has 0 spiro atoms. The van der Waals surface area contributed by atoms with Gasteiger partial charge < -0.3 is 19.6 Å². The zero-order chi connectivity index (χ0) is 22.7. The number of aliphatic hydroxyl groups excluding tert-OH is 1. The molecule has 0 saturated carbocycles. The number of carbonyl (C=O) groups excluding carboxylic acids is 2. The van der Waals surface area contributed by atoms with Crippen LogP contribution in [0.4, 0.5) is 4.39 Å². The van der Waals surface area contributed by atoms with Crippen molar-refractivity contribution in [2.45, 2.75) is 19.9 Å². The number of quaternary nitrogens is 1. The van der Waals surface area contributed by atoms with Gasteiger partial charge in [-0.1, -0.05) is 18.2 Å². The molecule has 2 aromatic rings. The lowest BCUT2D eigenvalue weighted by Gasteiger charge is -2.26. The second kappa shape index (κ2) is 9.31. The highest BCUT2D eigenvalue weighted by molar-refractivity contribution is 6.46. The molecule has 164 valence electrons. The smallest absolute Gasteiger partial charge is 0.295 e. The van der Waals surface area contributed by atoms with Crippen LogP contribution in [0.15, 0.2) is 48.0 Å². The predicted octanol–water partition coefficient (Wildman–Crippen LogP) is 2.10. The molecule has 1 aliphatic heterocycles. The zero-order valence-corrected chi connectivity index (χ0v) is 18.2. The number of likely N-dealkylation sites (N-methyl/N-ethyl adjacent to an activating group) is 1. The Bertz CT molecular complexity index is 1030. The number of ether oxygens (including phenoxy) is 1. The minimum atomic E-state index is -0.993. The Morgan fingerprint density at radius 3 is 2.52 bits per heavy atom. The number of ketones is 1. The lowest BCUT2D eigenvalue weighted by Crippen LogP contribution is -3.06. The Kier molecular flexibility index (Phi) is 6.75. The predicted molar refractivity (Wildman–Crippen MR) is 115 cm³/mol. The first-order valence-corrected chi connectivity index (χ1v) is 10.3. The molecule has 1 aliphatic rings. The number of carbonyl (C=O) groups is 2. The summed E-state index contributed by atoms with van der Waals surface area (Å²) < 4.78 is 20.3. The normalized spacial score (nSPS) is 18.1. The third-order valence-electron chi connectivity index (χ3n) is 5.34. The zero-order valence-electron chi connectivity index (χ0n) is 18.2. The van der Waals surface area contributed by atoms with Crippen LogP contribution >= 0.6 is 0 Å². The van der Waals surface area contributed by atoms with E-state index in [1.54, 1.807) is 30.3 Å². The van der Waals surface area contributed by atoms with E-state index in [-0.39, 0.29) is 23.4 Å². The Morgan fingerprint density at radius 1 is 1.19 bits per heavy atom. The van der Waals surface area contributed by atoms with Gasteiger partial charge >= 0.3 is 0 Å². The van der Waals surface area contributed by atoms with Crippen LogP contribution in [-0.2, 0) is 9.59 Å². The van der Waals surface area contributed by atoms with E-state index in [1.165, 1.54) is 17.0 Å². The summed E-state index contributed by atoms with van der Waals surface area (Å²) in [5.74, 6) is -1.74. The minimum absolute atomic E-state index is 0.104. The summed E-state index contributed by atoms with van der Waals surface area (Å²) in [6, 6.07) is 10.1. The summed E-state index contributed by atoms with van der Waals surface area (Å²) in [5, 5.41) is 11.1. The molecule has 7 heteroatoms. The number of nitrogens with one attached hydrogen (secondary N) is 1. The molecule has 1 amide bonds. The monoisotopic (exact) mass is 427 g/mol. The highest BCUT2D eigenvalue weighted by Crippen LogP contribution is 2.40. The van der Waals surface area contributed by atoms with Gasteiger partial charge in [-0.2, -0.15) is 0 Å². The molecule has 2 aromatic carbocycles. The molecule has 3 rings (SSSR count). The van der Waals surface area contributed by atoms with Gasteiger partial charge in [-0.25, -0.2) is 4.39 Å². The molecule has 1 saturated heterocycles. The summed E-state index contributed by atoms with van der Waals surface area (Å²) in [4.78, 5) is 28.2. The van der Waals surface area contributed by atoms with E-state index < -0.39 is 23.5 Å². The number of Topliss-reactive ketones (excluding diaryl/α,β-unsaturated/α-hetero) is 1. The number of likely N-dealkylation sites (tertiary alicyclic amines) is 1. The van der Waals surface area contributed by atoms with Crippen LogP contribution in [0.2, 0.25) is 0 Å². The number of benzene rings is 2. The van der Waals surface area contributed by atoms with Gasteiger partial charge in [-0.3, -0.25) is 9.59 Å². The number of rotatable bonds is 7. The van der Waals surface area contributed by atoms with E-state index in [0.29, 0.717) is 24.5 Å². The van der Waals surface area contributed by atoms with Crippen LogP contribution in [-0.4, -0.2) is 55.5 Å². The van der Waals surface area contributed by atoms with Crippen LogP contribution < -0.4 is 9.64 Å². The van der Waals surface area contributed by atoms with Gasteiger partial charge in [0.2, 0.25) is 0 Å².